The Balaban J connectivity index is 2.06. The average Bonchev–Trinajstić information content (AvgIpc) is 2.53. The van der Waals surface area contributed by atoms with Crippen LogP contribution in [0.2, 0.25) is 0 Å². The van der Waals surface area contributed by atoms with Crippen LogP contribution in [0.15, 0.2) is 65.6 Å². The van der Waals surface area contributed by atoms with Crippen LogP contribution in [-0.4, -0.2) is 19.6 Å². The highest BCUT2D eigenvalue weighted by Gasteiger charge is 2.30. The molecule has 4 nitrogen and oxygen atoms in total. The Morgan fingerprint density at radius 1 is 1.00 bits per heavy atom. The fourth-order valence-corrected chi connectivity index (χ4v) is 3.05. The first-order valence-corrected chi connectivity index (χ1v) is 8.06. The lowest BCUT2D eigenvalue weighted by Gasteiger charge is -2.12. The van der Waals surface area contributed by atoms with Crippen molar-refractivity contribution in [3.8, 4) is 0 Å². The standard InChI is InChI=1S/C16H16O4S/c1-13(21(18,19)15-10-6-3-7-11-15)16(17)20-12-14-8-4-2-5-9-14/h2-11,13H,12H2,1H3. The molecule has 1 atom stereocenters. The van der Waals surface area contributed by atoms with Crippen LogP contribution in [0.25, 0.3) is 0 Å². The van der Waals surface area contributed by atoms with E-state index in [0.29, 0.717) is 0 Å². The number of rotatable bonds is 5. The molecule has 0 aliphatic carbocycles. The zero-order valence-electron chi connectivity index (χ0n) is 11.6. The maximum atomic E-state index is 12.3. The number of sulfone groups is 1. The lowest BCUT2D eigenvalue weighted by atomic mass is 10.2. The van der Waals surface area contributed by atoms with E-state index in [0.717, 1.165) is 5.56 Å². The van der Waals surface area contributed by atoms with Crippen LogP contribution in [0.4, 0.5) is 0 Å². The Morgan fingerprint density at radius 3 is 2.10 bits per heavy atom. The lowest BCUT2D eigenvalue weighted by molar-refractivity contribution is -0.144. The normalized spacial score (nSPS) is 12.6. The average molecular weight is 304 g/mol. The lowest BCUT2D eigenvalue weighted by Crippen LogP contribution is -2.29. The zero-order chi connectivity index (χ0) is 15.3. The Bertz CT molecular complexity index is 694. The SMILES string of the molecule is CC(C(=O)OCc1ccccc1)S(=O)(=O)c1ccccc1. The number of carbonyl (C=O) groups excluding carboxylic acids is 1. The minimum Gasteiger partial charge on any atom is -0.460 e. The molecule has 1 unspecified atom stereocenters. The Labute approximate surface area is 124 Å². The highest BCUT2D eigenvalue weighted by Crippen LogP contribution is 2.17. The van der Waals surface area contributed by atoms with E-state index in [1.807, 2.05) is 30.3 Å². The second-order valence-electron chi connectivity index (χ2n) is 4.59. The Morgan fingerprint density at radius 2 is 1.52 bits per heavy atom. The smallest absolute Gasteiger partial charge is 0.324 e. The maximum Gasteiger partial charge on any atom is 0.324 e. The molecule has 21 heavy (non-hydrogen) atoms. The van der Waals surface area contributed by atoms with Crippen LogP contribution in [0.1, 0.15) is 12.5 Å². The Hall–Kier alpha value is -2.14. The van der Waals surface area contributed by atoms with E-state index < -0.39 is 21.1 Å². The molecule has 0 N–H and O–H groups in total. The van der Waals surface area contributed by atoms with Gasteiger partial charge in [0.2, 0.25) is 0 Å². The number of esters is 1. The number of carbonyl (C=O) groups is 1. The van der Waals surface area contributed by atoms with Crippen LogP contribution in [-0.2, 0) is 26.0 Å². The number of hydrogen-bond acceptors (Lipinski definition) is 4. The van der Waals surface area contributed by atoms with Gasteiger partial charge < -0.3 is 4.74 Å². The molecule has 0 saturated heterocycles. The second kappa shape index (κ2) is 6.54. The molecule has 110 valence electrons. The van der Waals surface area contributed by atoms with Gasteiger partial charge in [-0.25, -0.2) is 8.42 Å². The minimum absolute atomic E-state index is 0.0638. The highest BCUT2D eigenvalue weighted by atomic mass is 32.2. The fraction of sp³-hybridized carbons (Fsp3) is 0.188. The quantitative estimate of drug-likeness (QED) is 0.797. The summed E-state index contributed by atoms with van der Waals surface area (Å²) in [5.41, 5.74) is 0.815. The van der Waals surface area contributed by atoms with E-state index in [-0.39, 0.29) is 11.5 Å². The van der Waals surface area contributed by atoms with Crippen LogP contribution in [0, 0.1) is 0 Å². The first-order valence-electron chi connectivity index (χ1n) is 6.51. The molecule has 5 heteroatoms. The van der Waals surface area contributed by atoms with Gasteiger partial charge in [0, 0.05) is 0 Å². The van der Waals surface area contributed by atoms with Crippen LogP contribution in [0.5, 0.6) is 0 Å². The summed E-state index contributed by atoms with van der Waals surface area (Å²) < 4.78 is 29.6. The van der Waals surface area contributed by atoms with Crippen molar-refractivity contribution in [3.05, 3.63) is 66.2 Å². The summed E-state index contributed by atoms with van der Waals surface area (Å²) in [4.78, 5) is 12.1. The summed E-state index contributed by atoms with van der Waals surface area (Å²) in [5.74, 6) is -0.747. The van der Waals surface area contributed by atoms with E-state index in [1.54, 1.807) is 18.2 Å². The first kappa shape index (κ1) is 15.3. The summed E-state index contributed by atoms with van der Waals surface area (Å²) in [6.07, 6.45) is 0. The van der Waals surface area contributed by atoms with Gasteiger partial charge in [0.05, 0.1) is 4.90 Å². The van der Waals surface area contributed by atoms with Crippen molar-refractivity contribution in [1.82, 2.24) is 0 Å². The second-order valence-corrected chi connectivity index (χ2v) is 6.86. The first-order chi connectivity index (χ1) is 10.0. The van der Waals surface area contributed by atoms with Crippen molar-refractivity contribution >= 4 is 15.8 Å². The molecule has 0 spiro atoms. The van der Waals surface area contributed by atoms with Crippen LogP contribution in [0.3, 0.4) is 0 Å². The molecule has 0 bridgehead atoms. The van der Waals surface area contributed by atoms with Gasteiger partial charge in [0.15, 0.2) is 15.1 Å². The van der Waals surface area contributed by atoms with E-state index in [1.165, 1.54) is 19.1 Å². The molecule has 0 aliphatic rings. The Kier molecular flexibility index (Phi) is 4.75. The molecule has 0 aliphatic heterocycles. The molecular weight excluding hydrogens is 288 g/mol. The minimum atomic E-state index is -3.72. The molecule has 0 heterocycles. The summed E-state index contributed by atoms with van der Waals surface area (Å²) in [7, 11) is -3.72. The van der Waals surface area contributed by atoms with Crippen molar-refractivity contribution in [1.29, 1.82) is 0 Å². The summed E-state index contributed by atoms with van der Waals surface area (Å²) in [6.45, 7) is 1.41. The van der Waals surface area contributed by atoms with Crippen molar-refractivity contribution in [2.45, 2.75) is 23.7 Å². The van der Waals surface area contributed by atoms with E-state index in [2.05, 4.69) is 0 Å². The predicted molar refractivity (Wildman–Crippen MR) is 79.3 cm³/mol. The monoisotopic (exact) mass is 304 g/mol. The number of benzene rings is 2. The molecule has 0 amide bonds. The fourth-order valence-electron chi connectivity index (χ4n) is 1.79. The predicted octanol–water partition coefficient (Wildman–Crippen LogP) is 2.59. The molecule has 0 fully saturated rings. The largest absolute Gasteiger partial charge is 0.460 e. The van der Waals surface area contributed by atoms with Crippen molar-refractivity contribution in [3.63, 3.8) is 0 Å². The summed E-state index contributed by atoms with van der Waals surface area (Å²) in [5, 5.41) is -1.23. The number of hydrogen-bond donors (Lipinski definition) is 0. The van der Waals surface area contributed by atoms with Crippen LogP contribution < -0.4 is 0 Å². The zero-order valence-corrected chi connectivity index (χ0v) is 12.4. The molecule has 2 aromatic rings. The van der Waals surface area contributed by atoms with Crippen molar-refractivity contribution in [2.75, 3.05) is 0 Å². The maximum absolute atomic E-state index is 12.3. The van der Waals surface area contributed by atoms with Gasteiger partial charge in [-0.3, -0.25) is 4.79 Å². The van der Waals surface area contributed by atoms with Gasteiger partial charge in [-0.15, -0.1) is 0 Å². The molecule has 2 rings (SSSR count). The number of ether oxygens (including phenoxy) is 1. The van der Waals surface area contributed by atoms with Crippen molar-refractivity contribution in [2.24, 2.45) is 0 Å². The van der Waals surface area contributed by atoms with E-state index in [9.17, 15) is 13.2 Å². The van der Waals surface area contributed by atoms with Gasteiger partial charge >= 0.3 is 5.97 Å². The molecule has 0 saturated carbocycles. The third-order valence-corrected chi connectivity index (χ3v) is 5.15. The summed E-state index contributed by atoms with van der Waals surface area (Å²) in [6, 6.07) is 17.0. The van der Waals surface area contributed by atoms with Crippen molar-refractivity contribution < 1.29 is 17.9 Å². The molecule has 0 aromatic heterocycles. The third kappa shape index (κ3) is 3.70. The van der Waals surface area contributed by atoms with E-state index >= 15 is 0 Å². The molecular formula is C16H16O4S. The topological polar surface area (TPSA) is 60.4 Å². The van der Waals surface area contributed by atoms with Gasteiger partial charge in [-0.1, -0.05) is 48.5 Å². The van der Waals surface area contributed by atoms with Gasteiger partial charge in [0.25, 0.3) is 0 Å². The van der Waals surface area contributed by atoms with Gasteiger partial charge in [0.1, 0.15) is 6.61 Å². The molecule has 2 aromatic carbocycles. The van der Waals surface area contributed by atoms with Crippen LogP contribution >= 0.6 is 0 Å². The summed E-state index contributed by atoms with van der Waals surface area (Å²) >= 11 is 0. The van der Waals surface area contributed by atoms with Gasteiger partial charge in [-0.05, 0) is 24.6 Å². The van der Waals surface area contributed by atoms with Gasteiger partial charge in [-0.2, -0.15) is 0 Å². The third-order valence-electron chi connectivity index (χ3n) is 3.09. The van der Waals surface area contributed by atoms with E-state index in [4.69, 9.17) is 4.74 Å². The molecule has 0 radical (unpaired) electrons. The highest BCUT2D eigenvalue weighted by molar-refractivity contribution is 7.92.